The van der Waals surface area contributed by atoms with Crippen molar-refractivity contribution in [2.45, 2.75) is 21.7 Å². The van der Waals surface area contributed by atoms with Gasteiger partial charge >= 0.3 is 105 Å². The van der Waals surface area contributed by atoms with E-state index in [4.69, 9.17) is 53.5 Å². The Kier molecular flexibility index (Phi) is 7.88. The molecule has 1 atom stereocenters. The zero-order valence-electron chi connectivity index (χ0n) is 6.26. The second-order valence-electron chi connectivity index (χ2n) is 2.60. The van der Waals surface area contributed by atoms with E-state index in [-0.39, 0.29) is 3.93 Å². The molecule has 12 heavy (non-hydrogen) atoms. The van der Waals surface area contributed by atoms with Crippen molar-refractivity contribution in [1.29, 1.82) is 0 Å². The van der Waals surface area contributed by atoms with Crippen LogP contribution in [0.15, 0.2) is 0 Å². The summed E-state index contributed by atoms with van der Waals surface area (Å²) in [6.45, 7) is 1.92. The molecule has 0 aliphatic heterocycles. The fraction of sp³-hybridized carbons (Fsp3) is 1.00. The molecule has 0 aromatic rings. The Morgan fingerprint density at radius 2 is 1.42 bits per heavy atom. The zero-order valence-corrected chi connectivity index (χ0v) is 16.5. The van der Waals surface area contributed by atoms with Crippen molar-refractivity contribution in [3.8, 4) is 0 Å². The quantitative estimate of drug-likeness (QED) is 0.467. The number of hydrogen-bond acceptors (Lipinski definition) is 0. The summed E-state index contributed by atoms with van der Waals surface area (Å²) in [5, 5.41) is 0. The van der Waals surface area contributed by atoms with Crippen molar-refractivity contribution in [3.05, 3.63) is 0 Å². The summed E-state index contributed by atoms with van der Waals surface area (Å²) in [5.41, 5.74) is 0. The Bertz CT molecular complexity index is 137. The SMILES string of the molecule is C[CH](C[CH2][Sn]([Cl])([Cl])[Cl])[Sn]([Cl])([Cl])[Cl]. The van der Waals surface area contributed by atoms with E-state index in [2.05, 4.69) is 0 Å². The second kappa shape index (κ2) is 6.17. The van der Waals surface area contributed by atoms with E-state index in [0.29, 0.717) is 4.44 Å². The summed E-state index contributed by atoms with van der Waals surface area (Å²) in [6, 6.07) is 0. The van der Waals surface area contributed by atoms with Crippen LogP contribution in [0.1, 0.15) is 13.3 Å². The molecular formula is C4H8Cl6Sn2. The third-order valence-electron chi connectivity index (χ3n) is 1.42. The van der Waals surface area contributed by atoms with Crippen LogP contribution in [-0.2, 0) is 0 Å². The monoisotopic (exact) mass is 506 g/mol. The minimum absolute atomic E-state index is 0.136. The molecule has 0 bridgehead atoms. The number of halogens is 6. The molecule has 0 aliphatic carbocycles. The van der Waals surface area contributed by atoms with Crippen molar-refractivity contribution in [1.82, 2.24) is 0 Å². The fourth-order valence-corrected chi connectivity index (χ4v) is 10.8. The van der Waals surface area contributed by atoms with Gasteiger partial charge in [0.05, 0.1) is 0 Å². The van der Waals surface area contributed by atoms with Crippen molar-refractivity contribution in [3.63, 3.8) is 0 Å². The van der Waals surface area contributed by atoms with Gasteiger partial charge in [0.2, 0.25) is 0 Å². The van der Waals surface area contributed by atoms with Crippen LogP contribution in [-0.4, -0.2) is 30.0 Å². The molecule has 0 saturated carbocycles. The Hall–Kier alpha value is 3.34. The van der Waals surface area contributed by atoms with Gasteiger partial charge in [0.25, 0.3) is 0 Å². The Morgan fingerprint density at radius 1 is 1.00 bits per heavy atom. The maximum absolute atomic E-state index is 5.85. The molecule has 0 rings (SSSR count). The van der Waals surface area contributed by atoms with Gasteiger partial charge in [0, 0.05) is 0 Å². The molecule has 0 radical (unpaired) electrons. The molecule has 0 fully saturated rings. The first-order valence-corrected chi connectivity index (χ1v) is 28.6. The van der Waals surface area contributed by atoms with Crippen LogP contribution in [0.2, 0.25) is 8.37 Å². The van der Waals surface area contributed by atoms with Crippen molar-refractivity contribution >= 4 is 83.5 Å². The van der Waals surface area contributed by atoms with Crippen molar-refractivity contribution in [2.75, 3.05) is 0 Å². The standard InChI is InChI=1S/C4H8.6ClH.2Sn/c1-3-4-2;;;;;;;;/h4H,1,3H2,2H3;6*1H;;/q;;;;;;;2*+3/p-6. The van der Waals surface area contributed by atoms with E-state index in [9.17, 15) is 0 Å². The zero-order chi connectivity index (χ0) is 9.99. The number of hydrogen-bond donors (Lipinski definition) is 0. The molecule has 0 aliphatic rings. The van der Waals surface area contributed by atoms with Gasteiger partial charge in [-0.3, -0.25) is 0 Å². The second-order valence-corrected chi connectivity index (χ2v) is 46.2. The fourth-order valence-electron chi connectivity index (χ4n) is 0.544. The van der Waals surface area contributed by atoms with Crippen LogP contribution in [0.25, 0.3) is 0 Å². The molecular weight excluding hydrogens is 498 g/mol. The molecule has 1 unspecified atom stereocenters. The molecule has 74 valence electrons. The normalized spacial score (nSPS) is 16.2. The third-order valence-corrected chi connectivity index (χ3v) is 19.2. The summed E-state index contributed by atoms with van der Waals surface area (Å²) in [4.78, 5) is 0. The van der Waals surface area contributed by atoms with Gasteiger partial charge in [0.1, 0.15) is 0 Å². The molecule has 0 saturated heterocycles. The summed E-state index contributed by atoms with van der Waals surface area (Å²) in [7, 11) is 34.8. The van der Waals surface area contributed by atoms with Gasteiger partial charge in [0.15, 0.2) is 0 Å². The van der Waals surface area contributed by atoms with Gasteiger partial charge < -0.3 is 0 Å². The van der Waals surface area contributed by atoms with Crippen LogP contribution in [0.4, 0.5) is 0 Å². The van der Waals surface area contributed by atoms with Gasteiger partial charge in [-0.25, -0.2) is 0 Å². The predicted molar refractivity (Wildman–Crippen MR) is 65.5 cm³/mol. The maximum atomic E-state index is 5.85. The van der Waals surface area contributed by atoms with Crippen LogP contribution in [0.3, 0.4) is 0 Å². The molecule has 0 aromatic heterocycles. The summed E-state index contributed by atoms with van der Waals surface area (Å²) in [5.74, 6) is 0. The summed E-state index contributed by atoms with van der Waals surface area (Å²) >= 11 is -6.46. The van der Waals surface area contributed by atoms with Gasteiger partial charge in [-0.2, -0.15) is 0 Å². The Balaban J connectivity index is 3.80. The third kappa shape index (κ3) is 8.63. The van der Waals surface area contributed by atoms with E-state index >= 15 is 0 Å². The van der Waals surface area contributed by atoms with E-state index in [1.807, 2.05) is 6.92 Å². The average molecular weight is 506 g/mol. The van der Waals surface area contributed by atoms with Gasteiger partial charge in [-0.1, -0.05) is 0 Å². The molecule has 0 nitrogen and oxygen atoms in total. The van der Waals surface area contributed by atoms with Gasteiger partial charge in [-0.05, 0) is 0 Å². The van der Waals surface area contributed by atoms with Crippen molar-refractivity contribution in [2.24, 2.45) is 0 Å². The number of rotatable bonds is 4. The Labute approximate surface area is 103 Å². The van der Waals surface area contributed by atoms with E-state index in [1.165, 1.54) is 0 Å². The van der Waals surface area contributed by atoms with E-state index in [0.717, 1.165) is 6.42 Å². The first-order chi connectivity index (χ1) is 5.13. The first-order valence-electron chi connectivity index (χ1n) is 3.26. The average Bonchev–Trinajstić information content (AvgIpc) is 1.78. The topological polar surface area (TPSA) is 0 Å². The molecule has 0 heterocycles. The summed E-state index contributed by atoms with van der Waals surface area (Å²) in [6.07, 6.45) is 0.749. The van der Waals surface area contributed by atoms with Crippen molar-refractivity contribution < 1.29 is 0 Å². The van der Waals surface area contributed by atoms with Crippen LogP contribution in [0.5, 0.6) is 0 Å². The van der Waals surface area contributed by atoms with E-state index in [1.54, 1.807) is 0 Å². The molecule has 0 aromatic carbocycles. The van der Waals surface area contributed by atoms with E-state index < -0.39 is 30.0 Å². The predicted octanol–water partition coefficient (Wildman–Crippen LogP) is 5.08. The molecule has 8 heteroatoms. The van der Waals surface area contributed by atoms with Crippen LogP contribution in [0, 0.1) is 0 Å². The van der Waals surface area contributed by atoms with Crippen LogP contribution >= 0.6 is 53.5 Å². The summed E-state index contributed by atoms with van der Waals surface area (Å²) < 4.78 is 0.780. The molecule has 0 N–H and O–H groups in total. The molecule has 0 spiro atoms. The Morgan fingerprint density at radius 3 is 1.67 bits per heavy atom. The first kappa shape index (κ1) is 15.3. The minimum atomic E-state index is -3.27. The van der Waals surface area contributed by atoms with Gasteiger partial charge in [-0.15, -0.1) is 0 Å². The van der Waals surface area contributed by atoms with Crippen LogP contribution < -0.4 is 0 Å². The molecule has 0 amide bonds.